The molecule has 0 saturated carbocycles. The van der Waals surface area contributed by atoms with Crippen LogP contribution in [0.25, 0.3) is 0 Å². The van der Waals surface area contributed by atoms with Crippen molar-refractivity contribution in [2.24, 2.45) is 0 Å². The van der Waals surface area contributed by atoms with Crippen LogP contribution in [0.5, 0.6) is 0 Å². The maximum atomic E-state index is 12.1. The lowest BCUT2D eigenvalue weighted by atomic mass is 10.0. The number of hydrogen-bond acceptors (Lipinski definition) is 5. The summed E-state index contributed by atoms with van der Waals surface area (Å²) in [6, 6.07) is 10.4. The number of benzene rings is 1. The van der Waals surface area contributed by atoms with Crippen LogP contribution in [-0.2, 0) is 11.2 Å². The maximum Gasteiger partial charge on any atom is 0.225 e. The summed E-state index contributed by atoms with van der Waals surface area (Å²) in [5, 5.41) is 3.05. The Morgan fingerprint density at radius 3 is 2.39 bits per heavy atom. The van der Waals surface area contributed by atoms with E-state index in [1.54, 1.807) is 12.4 Å². The summed E-state index contributed by atoms with van der Waals surface area (Å²) in [6.45, 7) is 9.75. The standard InChI is InChI=1S/C22H31N5O/c1-18(2)20-7-4-19(5-8-20)6-9-21(28)23-12-13-26-14-16-27(17-15-26)22-24-10-3-11-25-22/h3-5,7-8,10-11,18H,6,9,12-17H2,1-2H3,(H,23,28). The molecule has 1 amide bonds. The van der Waals surface area contributed by atoms with Crippen LogP contribution in [0.15, 0.2) is 42.7 Å². The molecule has 1 saturated heterocycles. The molecule has 1 fully saturated rings. The summed E-state index contributed by atoms with van der Waals surface area (Å²) >= 11 is 0. The number of rotatable bonds is 8. The zero-order valence-electron chi connectivity index (χ0n) is 17.0. The van der Waals surface area contributed by atoms with Gasteiger partial charge in [-0.2, -0.15) is 0 Å². The molecule has 2 aromatic rings. The second-order valence-corrected chi connectivity index (χ2v) is 7.62. The Hall–Kier alpha value is -2.47. The van der Waals surface area contributed by atoms with Crippen molar-refractivity contribution in [3.05, 3.63) is 53.9 Å². The van der Waals surface area contributed by atoms with Crippen molar-refractivity contribution in [3.8, 4) is 0 Å². The first kappa shape index (κ1) is 20.3. The molecule has 1 aromatic heterocycles. The fourth-order valence-corrected chi connectivity index (χ4v) is 3.39. The van der Waals surface area contributed by atoms with Gasteiger partial charge in [-0.3, -0.25) is 9.69 Å². The molecule has 0 atom stereocenters. The Morgan fingerprint density at radius 2 is 1.75 bits per heavy atom. The summed E-state index contributed by atoms with van der Waals surface area (Å²) in [6.07, 6.45) is 4.89. The van der Waals surface area contributed by atoms with Crippen molar-refractivity contribution < 1.29 is 4.79 Å². The number of hydrogen-bond donors (Lipinski definition) is 1. The second-order valence-electron chi connectivity index (χ2n) is 7.62. The molecule has 0 spiro atoms. The molecule has 0 aliphatic carbocycles. The topological polar surface area (TPSA) is 61.4 Å². The number of nitrogens with zero attached hydrogens (tertiary/aromatic N) is 4. The van der Waals surface area contributed by atoms with Crippen LogP contribution in [0, 0.1) is 0 Å². The Bertz CT molecular complexity index is 724. The molecule has 0 bridgehead atoms. The van der Waals surface area contributed by atoms with Gasteiger partial charge in [-0.15, -0.1) is 0 Å². The van der Waals surface area contributed by atoms with Crippen LogP contribution < -0.4 is 10.2 Å². The number of carbonyl (C=O) groups excluding carboxylic acids is 1. The smallest absolute Gasteiger partial charge is 0.225 e. The zero-order chi connectivity index (χ0) is 19.8. The third-order valence-corrected chi connectivity index (χ3v) is 5.24. The summed E-state index contributed by atoms with van der Waals surface area (Å²) in [5.41, 5.74) is 2.56. The number of anilines is 1. The third-order valence-electron chi connectivity index (χ3n) is 5.24. The number of carbonyl (C=O) groups is 1. The van der Waals surface area contributed by atoms with Crippen molar-refractivity contribution in [2.45, 2.75) is 32.6 Å². The van der Waals surface area contributed by atoms with E-state index >= 15 is 0 Å². The van der Waals surface area contributed by atoms with Gasteiger partial charge in [-0.25, -0.2) is 9.97 Å². The minimum Gasteiger partial charge on any atom is -0.355 e. The first-order valence-corrected chi connectivity index (χ1v) is 10.2. The van der Waals surface area contributed by atoms with Gasteiger partial charge in [0.25, 0.3) is 0 Å². The summed E-state index contributed by atoms with van der Waals surface area (Å²) in [4.78, 5) is 25.3. The lowest BCUT2D eigenvalue weighted by Gasteiger charge is -2.34. The first-order valence-electron chi connectivity index (χ1n) is 10.2. The van der Waals surface area contributed by atoms with Crippen molar-refractivity contribution in [1.29, 1.82) is 0 Å². The van der Waals surface area contributed by atoms with Gasteiger partial charge in [0.1, 0.15) is 0 Å². The highest BCUT2D eigenvalue weighted by Gasteiger charge is 2.18. The SMILES string of the molecule is CC(C)c1ccc(CCC(=O)NCCN2CCN(c3ncccn3)CC2)cc1. The van der Waals surface area contributed by atoms with Crippen LogP contribution in [0.4, 0.5) is 5.95 Å². The summed E-state index contributed by atoms with van der Waals surface area (Å²) in [7, 11) is 0. The van der Waals surface area contributed by atoms with Crippen molar-refractivity contribution in [2.75, 3.05) is 44.2 Å². The molecule has 0 unspecified atom stereocenters. The average molecular weight is 382 g/mol. The molecule has 150 valence electrons. The molecular weight excluding hydrogens is 350 g/mol. The van der Waals surface area contributed by atoms with Crippen molar-refractivity contribution >= 4 is 11.9 Å². The Kier molecular flexibility index (Phi) is 7.37. The molecule has 2 heterocycles. The molecule has 3 rings (SSSR count). The third kappa shape index (κ3) is 6.02. The van der Waals surface area contributed by atoms with Gasteiger partial charge >= 0.3 is 0 Å². The highest BCUT2D eigenvalue weighted by molar-refractivity contribution is 5.76. The van der Waals surface area contributed by atoms with E-state index in [0.717, 1.165) is 45.1 Å². The number of aromatic nitrogens is 2. The molecule has 6 nitrogen and oxygen atoms in total. The predicted octanol–water partition coefficient (Wildman–Crippen LogP) is 2.47. The molecule has 1 aromatic carbocycles. The van der Waals surface area contributed by atoms with E-state index in [1.165, 1.54) is 11.1 Å². The van der Waals surface area contributed by atoms with E-state index in [1.807, 2.05) is 6.07 Å². The molecule has 0 radical (unpaired) electrons. The maximum absolute atomic E-state index is 12.1. The predicted molar refractivity (Wildman–Crippen MR) is 113 cm³/mol. The molecule has 6 heteroatoms. The number of nitrogens with one attached hydrogen (secondary N) is 1. The first-order chi connectivity index (χ1) is 13.6. The summed E-state index contributed by atoms with van der Waals surface area (Å²) in [5.74, 6) is 1.47. The lowest BCUT2D eigenvalue weighted by Crippen LogP contribution is -2.49. The van der Waals surface area contributed by atoms with E-state index < -0.39 is 0 Å². The van der Waals surface area contributed by atoms with Gasteiger partial charge in [-0.05, 0) is 29.5 Å². The minimum absolute atomic E-state index is 0.129. The molecule has 1 N–H and O–H groups in total. The number of piperazine rings is 1. The van der Waals surface area contributed by atoms with E-state index in [2.05, 4.69) is 63.2 Å². The molecule has 1 aliphatic heterocycles. The average Bonchev–Trinajstić information content (AvgIpc) is 2.74. The van der Waals surface area contributed by atoms with Crippen LogP contribution in [0.1, 0.15) is 37.3 Å². The fraction of sp³-hybridized carbons (Fsp3) is 0.500. The van der Waals surface area contributed by atoms with Gasteiger partial charge in [-0.1, -0.05) is 38.1 Å². The largest absolute Gasteiger partial charge is 0.355 e. The van der Waals surface area contributed by atoms with Crippen LogP contribution in [-0.4, -0.2) is 60.0 Å². The minimum atomic E-state index is 0.129. The molecule has 28 heavy (non-hydrogen) atoms. The normalized spacial score (nSPS) is 15.0. The van der Waals surface area contributed by atoms with Gasteiger partial charge in [0.2, 0.25) is 11.9 Å². The van der Waals surface area contributed by atoms with Crippen LogP contribution in [0.3, 0.4) is 0 Å². The van der Waals surface area contributed by atoms with E-state index in [9.17, 15) is 4.79 Å². The quantitative estimate of drug-likeness (QED) is 0.761. The summed E-state index contributed by atoms with van der Waals surface area (Å²) < 4.78 is 0. The number of amides is 1. The Labute approximate surface area is 168 Å². The van der Waals surface area contributed by atoms with Gasteiger partial charge in [0.15, 0.2) is 0 Å². The zero-order valence-corrected chi connectivity index (χ0v) is 17.0. The Morgan fingerprint density at radius 1 is 1.07 bits per heavy atom. The number of aryl methyl sites for hydroxylation is 1. The fourth-order valence-electron chi connectivity index (χ4n) is 3.39. The Balaban J connectivity index is 1.30. The highest BCUT2D eigenvalue weighted by atomic mass is 16.1. The van der Waals surface area contributed by atoms with Gasteiger partial charge in [0.05, 0.1) is 0 Å². The van der Waals surface area contributed by atoms with E-state index in [0.29, 0.717) is 18.9 Å². The van der Waals surface area contributed by atoms with E-state index in [4.69, 9.17) is 0 Å². The van der Waals surface area contributed by atoms with Crippen LogP contribution in [0.2, 0.25) is 0 Å². The van der Waals surface area contributed by atoms with Crippen molar-refractivity contribution in [3.63, 3.8) is 0 Å². The van der Waals surface area contributed by atoms with Gasteiger partial charge < -0.3 is 10.2 Å². The monoisotopic (exact) mass is 381 g/mol. The van der Waals surface area contributed by atoms with E-state index in [-0.39, 0.29) is 5.91 Å². The molecular formula is C22H31N5O. The highest BCUT2D eigenvalue weighted by Crippen LogP contribution is 2.15. The lowest BCUT2D eigenvalue weighted by molar-refractivity contribution is -0.121. The van der Waals surface area contributed by atoms with Crippen LogP contribution >= 0.6 is 0 Å². The second kappa shape index (κ2) is 10.2. The van der Waals surface area contributed by atoms with Gasteiger partial charge in [0, 0.05) is 58.1 Å². The van der Waals surface area contributed by atoms with Crippen molar-refractivity contribution in [1.82, 2.24) is 20.2 Å². The molecule has 1 aliphatic rings.